The Labute approximate surface area is 181 Å². The van der Waals surface area contributed by atoms with Crippen LogP contribution in [0.4, 0.5) is 0 Å². The van der Waals surface area contributed by atoms with Crippen molar-refractivity contribution in [3.8, 4) is 45.4 Å². The number of hydrogen-bond acceptors (Lipinski definition) is 3. The van der Waals surface area contributed by atoms with E-state index in [0.717, 1.165) is 45.4 Å². The normalized spacial score (nSPS) is 10.9. The Morgan fingerprint density at radius 3 is 2.03 bits per heavy atom. The standard InChI is InChI=1S/C27H22N2O2/c1-30-23-11-5-9-20(16-23)25-26(21-10-6-12-24(17-21)31-2)29-27(28-25)22-14-13-18-7-3-4-8-19(18)15-22/h3-17H,1-2H3,(H,28,29). The molecule has 1 heterocycles. The fourth-order valence-electron chi connectivity index (χ4n) is 3.81. The van der Waals surface area contributed by atoms with Gasteiger partial charge in [-0.2, -0.15) is 0 Å². The van der Waals surface area contributed by atoms with Gasteiger partial charge < -0.3 is 14.5 Å². The maximum Gasteiger partial charge on any atom is 0.138 e. The van der Waals surface area contributed by atoms with E-state index in [1.807, 2.05) is 42.5 Å². The van der Waals surface area contributed by atoms with Crippen LogP contribution in [-0.4, -0.2) is 24.2 Å². The number of imidazole rings is 1. The highest BCUT2D eigenvalue weighted by atomic mass is 16.5. The smallest absolute Gasteiger partial charge is 0.138 e. The summed E-state index contributed by atoms with van der Waals surface area (Å²) in [6, 6.07) is 30.7. The molecule has 4 heteroatoms. The molecule has 4 aromatic carbocycles. The summed E-state index contributed by atoms with van der Waals surface area (Å²) >= 11 is 0. The Kier molecular flexibility index (Phi) is 4.89. The number of ether oxygens (including phenoxy) is 2. The van der Waals surface area contributed by atoms with Gasteiger partial charge in [-0.25, -0.2) is 4.98 Å². The average molecular weight is 406 g/mol. The minimum Gasteiger partial charge on any atom is -0.497 e. The number of hydrogen-bond donors (Lipinski definition) is 1. The van der Waals surface area contributed by atoms with E-state index >= 15 is 0 Å². The zero-order chi connectivity index (χ0) is 21.2. The summed E-state index contributed by atoms with van der Waals surface area (Å²) in [4.78, 5) is 8.57. The lowest BCUT2D eigenvalue weighted by Crippen LogP contribution is -1.88. The van der Waals surface area contributed by atoms with Crippen LogP contribution in [-0.2, 0) is 0 Å². The molecule has 0 unspecified atom stereocenters. The van der Waals surface area contributed by atoms with Gasteiger partial charge in [0.05, 0.1) is 25.6 Å². The van der Waals surface area contributed by atoms with E-state index in [-0.39, 0.29) is 0 Å². The first-order valence-electron chi connectivity index (χ1n) is 10.1. The van der Waals surface area contributed by atoms with Crippen LogP contribution in [0.1, 0.15) is 0 Å². The van der Waals surface area contributed by atoms with Gasteiger partial charge in [0, 0.05) is 16.7 Å². The summed E-state index contributed by atoms with van der Waals surface area (Å²) in [5.74, 6) is 2.42. The largest absolute Gasteiger partial charge is 0.497 e. The van der Waals surface area contributed by atoms with Crippen molar-refractivity contribution >= 4 is 10.8 Å². The lowest BCUT2D eigenvalue weighted by molar-refractivity contribution is 0.415. The van der Waals surface area contributed by atoms with Crippen LogP contribution >= 0.6 is 0 Å². The monoisotopic (exact) mass is 406 g/mol. The summed E-state index contributed by atoms with van der Waals surface area (Å²) in [6.45, 7) is 0. The molecular weight excluding hydrogens is 384 g/mol. The Morgan fingerprint density at radius 2 is 1.29 bits per heavy atom. The molecule has 0 spiro atoms. The van der Waals surface area contributed by atoms with Crippen molar-refractivity contribution < 1.29 is 9.47 Å². The van der Waals surface area contributed by atoms with E-state index in [4.69, 9.17) is 14.5 Å². The zero-order valence-electron chi connectivity index (χ0n) is 17.4. The maximum atomic E-state index is 5.44. The first kappa shape index (κ1) is 18.9. The Morgan fingerprint density at radius 1 is 0.613 bits per heavy atom. The molecule has 5 rings (SSSR count). The predicted molar refractivity (Wildman–Crippen MR) is 126 cm³/mol. The number of rotatable bonds is 5. The van der Waals surface area contributed by atoms with Crippen LogP contribution in [0.25, 0.3) is 44.7 Å². The van der Waals surface area contributed by atoms with E-state index in [9.17, 15) is 0 Å². The topological polar surface area (TPSA) is 47.1 Å². The van der Waals surface area contributed by atoms with Crippen molar-refractivity contribution in [2.45, 2.75) is 0 Å². The summed E-state index contributed by atoms with van der Waals surface area (Å²) in [5.41, 5.74) is 4.85. The molecule has 0 aliphatic rings. The van der Waals surface area contributed by atoms with Gasteiger partial charge in [-0.05, 0) is 41.1 Å². The lowest BCUT2D eigenvalue weighted by atomic mass is 10.0. The van der Waals surface area contributed by atoms with Gasteiger partial charge in [0.25, 0.3) is 0 Å². The number of nitrogens with zero attached hydrogens (tertiary/aromatic N) is 1. The van der Waals surface area contributed by atoms with Crippen molar-refractivity contribution in [1.82, 2.24) is 9.97 Å². The number of methoxy groups -OCH3 is 2. The Hall–Kier alpha value is -4.05. The third-order valence-electron chi connectivity index (χ3n) is 5.43. The minimum absolute atomic E-state index is 0.796. The van der Waals surface area contributed by atoms with Crippen LogP contribution < -0.4 is 9.47 Å². The first-order valence-corrected chi connectivity index (χ1v) is 10.1. The highest BCUT2D eigenvalue weighted by Crippen LogP contribution is 2.36. The van der Waals surface area contributed by atoms with Gasteiger partial charge in [-0.1, -0.05) is 60.7 Å². The fraction of sp³-hybridized carbons (Fsp3) is 0.0741. The second kappa shape index (κ2) is 8.00. The lowest BCUT2D eigenvalue weighted by Gasteiger charge is -2.07. The molecule has 0 fully saturated rings. The highest BCUT2D eigenvalue weighted by Gasteiger charge is 2.16. The number of benzene rings is 4. The molecule has 0 amide bonds. The van der Waals surface area contributed by atoms with Crippen LogP contribution in [0, 0.1) is 0 Å². The van der Waals surface area contributed by atoms with Crippen molar-refractivity contribution in [1.29, 1.82) is 0 Å². The van der Waals surface area contributed by atoms with Gasteiger partial charge >= 0.3 is 0 Å². The minimum atomic E-state index is 0.796. The van der Waals surface area contributed by atoms with Crippen molar-refractivity contribution in [3.05, 3.63) is 91.0 Å². The van der Waals surface area contributed by atoms with Crippen LogP contribution in [0.3, 0.4) is 0 Å². The van der Waals surface area contributed by atoms with Crippen LogP contribution in [0.2, 0.25) is 0 Å². The average Bonchev–Trinajstić information content (AvgIpc) is 3.29. The molecule has 0 saturated carbocycles. The fourth-order valence-corrected chi connectivity index (χ4v) is 3.81. The maximum absolute atomic E-state index is 5.44. The summed E-state index contributed by atoms with van der Waals surface area (Å²) in [5, 5.41) is 2.39. The quantitative estimate of drug-likeness (QED) is 0.358. The molecule has 0 bridgehead atoms. The Balaban J connectivity index is 1.70. The molecule has 0 atom stereocenters. The molecule has 0 aliphatic carbocycles. The number of H-pyrrole nitrogens is 1. The predicted octanol–water partition coefficient (Wildman–Crippen LogP) is 6.58. The number of nitrogens with one attached hydrogen (secondary N) is 1. The molecule has 0 radical (unpaired) electrons. The number of fused-ring (bicyclic) bond motifs is 1. The molecule has 152 valence electrons. The highest BCUT2D eigenvalue weighted by molar-refractivity contribution is 5.88. The van der Waals surface area contributed by atoms with Gasteiger partial charge in [0.2, 0.25) is 0 Å². The van der Waals surface area contributed by atoms with Crippen molar-refractivity contribution in [2.24, 2.45) is 0 Å². The zero-order valence-corrected chi connectivity index (χ0v) is 17.4. The van der Waals surface area contributed by atoms with E-state index < -0.39 is 0 Å². The van der Waals surface area contributed by atoms with Gasteiger partial charge in [0.15, 0.2) is 0 Å². The molecule has 31 heavy (non-hydrogen) atoms. The summed E-state index contributed by atoms with van der Waals surface area (Å²) in [7, 11) is 3.35. The second-order valence-corrected chi connectivity index (χ2v) is 7.33. The van der Waals surface area contributed by atoms with Gasteiger partial charge in [-0.3, -0.25) is 0 Å². The molecule has 4 nitrogen and oxygen atoms in total. The van der Waals surface area contributed by atoms with E-state index in [2.05, 4.69) is 53.5 Å². The molecular formula is C27H22N2O2. The SMILES string of the molecule is COc1cccc(-c2nc(-c3ccc4ccccc4c3)[nH]c2-c2cccc(OC)c2)c1. The van der Waals surface area contributed by atoms with E-state index in [0.29, 0.717) is 0 Å². The summed E-state index contributed by atoms with van der Waals surface area (Å²) < 4.78 is 10.9. The van der Waals surface area contributed by atoms with Crippen LogP contribution in [0.15, 0.2) is 91.0 Å². The number of aromatic amines is 1. The number of aromatic nitrogens is 2. The third-order valence-corrected chi connectivity index (χ3v) is 5.43. The molecule has 1 aromatic heterocycles. The van der Waals surface area contributed by atoms with Crippen molar-refractivity contribution in [3.63, 3.8) is 0 Å². The molecule has 1 N–H and O–H groups in total. The molecule has 5 aromatic rings. The third kappa shape index (κ3) is 3.64. The van der Waals surface area contributed by atoms with E-state index in [1.165, 1.54) is 10.8 Å². The Bertz CT molecular complexity index is 1310. The first-order chi connectivity index (χ1) is 15.2. The second-order valence-electron chi connectivity index (χ2n) is 7.33. The summed E-state index contributed by atoms with van der Waals surface area (Å²) in [6.07, 6.45) is 0. The van der Waals surface area contributed by atoms with Gasteiger partial charge in [-0.15, -0.1) is 0 Å². The van der Waals surface area contributed by atoms with Gasteiger partial charge in [0.1, 0.15) is 17.3 Å². The van der Waals surface area contributed by atoms with Crippen LogP contribution in [0.5, 0.6) is 11.5 Å². The molecule has 0 saturated heterocycles. The molecule has 0 aliphatic heterocycles. The van der Waals surface area contributed by atoms with E-state index in [1.54, 1.807) is 14.2 Å². The van der Waals surface area contributed by atoms with Crippen molar-refractivity contribution in [2.75, 3.05) is 14.2 Å².